The summed E-state index contributed by atoms with van der Waals surface area (Å²) in [7, 11) is -3.31. The highest BCUT2D eigenvalue weighted by molar-refractivity contribution is 7.89. The first kappa shape index (κ1) is 14.4. The number of piperidine rings is 1. The van der Waals surface area contributed by atoms with E-state index in [1.54, 1.807) is 13.0 Å². The van der Waals surface area contributed by atoms with Crippen LogP contribution in [0.1, 0.15) is 39.0 Å². The Labute approximate surface area is 104 Å². The third kappa shape index (κ3) is 3.64. The fraction of sp³-hybridized carbons (Fsp3) is 0.750. The Balaban J connectivity index is 2.83. The Morgan fingerprint density at radius 3 is 2.76 bits per heavy atom. The van der Waals surface area contributed by atoms with Crippen LogP contribution in [-0.2, 0) is 14.8 Å². The van der Waals surface area contributed by atoms with Gasteiger partial charge in [0.2, 0.25) is 10.0 Å². The van der Waals surface area contributed by atoms with Crippen LogP contribution in [0.4, 0.5) is 0 Å². The van der Waals surface area contributed by atoms with Crippen LogP contribution in [-0.4, -0.2) is 36.8 Å². The topological polar surface area (TPSA) is 54.5 Å². The molecule has 5 heteroatoms. The van der Waals surface area contributed by atoms with E-state index in [9.17, 15) is 13.2 Å². The van der Waals surface area contributed by atoms with E-state index in [1.165, 1.54) is 4.31 Å². The highest BCUT2D eigenvalue weighted by atomic mass is 32.2. The predicted molar refractivity (Wildman–Crippen MR) is 68.2 cm³/mol. The molecule has 0 bridgehead atoms. The fourth-order valence-corrected chi connectivity index (χ4v) is 3.86. The average molecular weight is 259 g/mol. The predicted octanol–water partition coefficient (Wildman–Crippen LogP) is 1.73. The Bertz CT molecular complexity index is 375. The van der Waals surface area contributed by atoms with Crippen molar-refractivity contribution in [3.63, 3.8) is 0 Å². The first-order chi connectivity index (χ1) is 8.03. The molecule has 1 rings (SSSR count). The van der Waals surface area contributed by atoms with Gasteiger partial charge in [-0.3, -0.25) is 4.79 Å². The highest BCUT2D eigenvalue weighted by Crippen LogP contribution is 2.22. The van der Waals surface area contributed by atoms with Gasteiger partial charge in [0.25, 0.3) is 0 Å². The quantitative estimate of drug-likeness (QED) is 0.683. The van der Waals surface area contributed by atoms with Crippen molar-refractivity contribution < 1.29 is 13.2 Å². The minimum absolute atomic E-state index is 0.0341. The number of sulfonamides is 1. The molecule has 0 aromatic heterocycles. The molecule has 1 aliphatic heterocycles. The van der Waals surface area contributed by atoms with Gasteiger partial charge in [0.05, 0.1) is 11.8 Å². The van der Waals surface area contributed by atoms with E-state index in [-0.39, 0.29) is 11.5 Å². The van der Waals surface area contributed by atoms with Crippen molar-refractivity contribution in [2.75, 3.05) is 12.3 Å². The molecule has 0 amide bonds. The third-order valence-corrected chi connectivity index (χ3v) is 5.01. The van der Waals surface area contributed by atoms with Crippen LogP contribution >= 0.6 is 0 Å². The summed E-state index contributed by atoms with van der Waals surface area (Å²) in [5.74, 6) is 0.0937. The van der Waals surface area contributed by atoms with Gasteiger partial charge >= 0.3 is 0 Å². The van der Waals surface area contributed by atoms with Gasteiger partial charge in [-0.2, -0.15) is 4.31 Å². The molecule has 1 fully saturated rings. The molecule has 0 aromatic rings. The van der Waals surface area contributed by atoms with Gasteiger partial charge in [-0.05, 0) is 19.3 Å². The van der Waals surface area contributed by atoms with E-state index in [0.29, 0.717) is 25.8 Å². The molecule has 0 saturated carbocycles. The summed E-state index contributed by atoms with van der Waals surface area (Å²) in [5, 5.41) is 0. The van der Waals surface area contributed by atoms with Crippen molar-refractivity contribution in [1.29, 1.82) is 0 Å². The molecule has 4 nitrogen and oxygen atoms in total. The molecule has 0 spiro atoms. The number of carbonyl (C=O) groups is 1. The van der Waals surface area contributed by atoms with Gasteiger partial charge in [0.15, 0.2) is 5.78 Å². The Morgan fingerprint density at radius 1 is 1.47 bits per heavy atom. The maximum absolute atomic E-state index is 12.1. The fourth-order valence-electron chi connectivity index (χ4n) is 2.14. The number of Topliss-reactive ketones (excluding diaryl/α,β-unsaturated/α-hetero) is 1. The monoisotopic (exact) mass is 259 g/mol. The number of rotatable bonds is 6. The first-order valence-electron chi connectivity index (χ1n) is 6.16. The highest BCUT2D eigenvalue weighted by Gasteiger charge is 2.34. The lowest BCUT2D eigenvalue weighted by molar-refractivity contribution is -0.123. The van der Waals surface area contributed by atoms with Crippen molar-refractivity contribution in [2.24, 2.45) is 0 Å². The van der Waals surface area contributed by atoms with Crippen molar-refractivity contribution in [3.05, 3.63) is 12.7 Å². The standard InChI is InChI=1S/C12H21NO3S/c1-3-5-10-17(15,16)13-9-7-6-8-11(13)12(14)4-2/h3,11H,1,4-10H2,2H3. The zero-order valence-corrected chi connectivity index (χ0v) is 11.2. The van der Waals surface area contributed by atoms with Crippen molar-refractivity contribution in [3.8, 4) is 0 Å². The summed E-state index contributed by atoms with van der Waals surface area (Å²) in [5.41, 5.74) is 0. The molecule has 1 aliphatic rings. The lowest BCUT2D eigenvalue weighted by atomic mass is 10.00. The van der Waals surface area contributed by atoms with Gasteiger partial charge in [0.1, 0.15) is 0 Å². The summed E-state index contributed by atoms with van der Waals surface area (Å²) < 4.78 is 25.6. The normalized spacial score (nSPS) is 22.3. The minimum Gasteiger partial charge on any atom is -0.298 e. The van der Waals surface area contributed by atoms with Gasteiger partial charge in [-0.25, -0.2) is 8.42 Å². The second-order valence-corrected chi connectivity index (χ2v) is 6.38. The zero-order valence-electron chi connectivity index (χ0n) is 10.4. The van der Waals surface area contributed by atoms with E-state index in [0.717, 1.165) is 12.8 Å². The van der Waals surface area contributed by atoms with E-state index in [1.807, 2.05) is 0 Å². The average Bonchev–Trinajstić information content (AvgIpc) is 2.35. The summed E-state index contributed by atoms with van der Waals surface area (Å²) >= 11 is 0. The van der Waals surface area contributed by atoms with E-state index >= 15 is 0 Å². The van der Waals surface area contributed by atoms with Crippen molar-refractivity contribution >= 4 is 15.8 Å². The summed E-state index contributed by atoms with van der Waals surface area (Å²) in [6.07, 6.45) is 4.88. The second-order valence-electron chi connectivity index (χ2n) is 4.34. The van der Waals surface area contributed by atoms with Crippen LogP contribution in [0.5, 0.6) is 0 Å². The molecule has 0 aliphatic carbocycles. The van der Waals surface area contributed by atoms with Crippen LogP contribution in [0.2, 0.25) is 0 Å². The number of hydrogen-bond acceptors (Lipinski definition) is 3. The maximum atomic E-state index is 12.1. The molecule has 1 saturated heterocycles. The lowest BCUT2D eigenvalue weighted by Crippen LogP contribution is -2.48. The molecule has 1 unspecified atom stereocenters. The van der Waals surface area contributed by atoms with Gasteiger partial charge < -0.3 is 0 Å². The van der Waals surface area contributed by atoms with Crippen LogP contribution in [0.3, 0.4) is 0 Å². The molecule has 0 radical (unpaired) electrons. The molecule has 0 aromatic carbocycles. The Kier molecular flexibility index (Phi) is 5.33. The molecular weight excluding hydrogens is 238 g/mol. The molecular formula is C12H21NO3S. The second kappa shape index (κ2) is 6.31. The summed E-state index contributed by atoms with van der Waals surface area (Å²) in [6.45, 7) is 5.79. The molecule has 0 N–H and O–H groups in total. The molecule has 98 valence electrons. The van der Waals surface area contributed by atoms with Crippen LogP contribution < -0.4 is 0 Å². The molecule has 1 atom stereocenters. The largest absolute Gasteiger partial charge is 0.298 e. The van der Waals surface area contributed by atoms with Crippen LogP contribution in [0.15, 0.2) is 12.7 Å². The number of carbonyl (C=O) groups excluding carboxylic acids is 1. The van der Waals surface area contributed by atoms with Gasteiger partial charge in [-0.1, -0.05) is 19.4 Å². The number of nitrogens with zero attached hydrogens (tertiary/aromatic N) is 1. The zero-order chi connectivity index (χ0) is 12.9. The summed E-state index contributed by atoms with van der Waals surface area (Å²) in [6, 6.07) is -0.427. The molecule has 1 heterocycles. The minimum atomic E-state index is -3.31. The Hall–Kier alpha value is -0.680. The number of allylic oxidation sites excluding steroid dienone is 1. The van der Waals surface area contributed by atoms with E-state index in [2.05, 4.69) is 6.58 Å². The number of ketones is 1. The van der Waals surface area contributed by atoms with Crippen LogP contribution in [0.25, 0.3) is 0 Å². The Morgan fingerprint density at radius 2 is 2.18 bits per heavy atom. The van der Waals surface area contributed by atoms with Gasteiger partial charge in [-0.15, -0.1) is 6.58 Å². The van der Waals surface area contributed by atoms with Crippen molar-refractivity contribution in [2.45, 2.75) is 45.1 Å². The number of hydrogen-bond donors (Lipinski definition) is 0. The van der Waals surface area contributed by atoms with Gasteiger partial charge in [0, 0.05) is 13.0 Å². The molecule has 17 heavy (non-hydrogen) atoms. The third-order valence-electron chi connectivity index (χ3n) is 3.11. The van der Waals surface area contributed by atoms with Crippen molar-refractivity contribution in [1.82, 2.24) is 4.31 Å². The smallest absolute Gasteiger partial charge is 0.215 e. The first-order valence-corrected chi connectivity index (χ1v) is 7.77. The van der Waals surface area contributed by atoms with E-state index < -0.39 is 16.1 Å². The summed E-state index contributed by atoms with van der Waals surface area (Å²) in [4.78, 5) is 11.8. The lowest BCUT2D eigenvalue weighted by Gasteiger charge is -2.33. The van der Waals surface area contributed by atoms with Crippen LogP contribution in [0, 0.1) is 0 Å². The van der Waals surface area contributed by atoms with E-state index in [4.69, 9.17) is 0 Å². The maximum Gasteiger partial charge on any atom is 0.215 e. The SMILES string of the molecule is C=CCCS(=O)(=O)N1CCCCC1C(=O)CC.